The molecule has 1 aromatic carbocycles. The molecule has 2 rings (SSSR count). The molecule has 2 aromatic rings. The van der Waals surface area contributed by atoms with Crippen LogP contribution in [0.1, 0.15) is 5.56 Å². The number of hydrogen-bond acceptors (Lipinski definition) is 6. The van der Waals surface area contributed by atoms with Gasteiger partial charge in [0.25, 0.3) is 0 Å². The monoisotopic (exact) mass is 383 g/mol. The minimum Gasteiger partial charge on any atom is -0.479 e. The average molecular weight is 383 g/mol. The van der Waals surface area contributed by atoms with Crippen molar-refractivity contribution in [3.8, 4) is 0 Å². The fourth-order valence-corrected chi connectivity index (χ4v) is 2.54. The molecular weight excluding hydrogens is 365 g/mol. The number of carboxylic acids is 2. The predicted octanol–water partition coefficient (Wildman–Crippen LogP) is 1.43. The van der Waals surface area contributed by atoms with Crippen LogP contribution in [-0.2, 0) is 16.0 Å². The zero-order valence-corrected chi connectivity index (χ0v) is 14.3. The summed E-state index contributed by atoms with van der Waals surface area (Å²) in [4.78, 5) is 24.6. The van der Waals surface area contributed by atoms with Crippen LogP contribution in [0.5, 0.6) is 0 Å². The Bertz CT molecular complexity index is 680. The number of halogens is 1. The Labute approximate surface area is 153 Å². The first-order valence-electron chi connectivity index (χ1n) is 7.40. The van der Waals surface area contributed by atoms with Crippen molar-refractivity contribution < 1.29 is 34.4 Å². The van der Waals surface area contributed by atoms with E-state index < -0.39 is 24.1 Å². The first kappa shape index (κ1) is 21.6. The largest absolute Gasteiger partial charge is 0.479 e. The summed E-state index contributed by atoms with van der Waals surface area (Å²) in [6.45, 7) is 0. The number of carbonyl (C=O) groups is 2. The first-order chi connectivity index (χ1) is 12.3. The summed E-state index contributed by atoms with van der Waals surface area (Å²) in [6, 6.07) is 10.7. The summed E-state index contributed by atoms with van der Waals surface area (Å²) in [7, 11) is 0. The maximum absolute atomic E-state index is 12.7. The van der Waals surface area contributed by atoms with Gasteiger partial charge in [0.05, 0.1) is 0 Å². The van der Waals surface area contributed by atoms with Crippen LogP contribution in [-0.4, -0.2) is 55.3 Å². The molecule has 1 heterocycles. The van der Waals surface area contributed by atoms with E-state index in [1.165, 1.54) is 17.7 Å². The molecule has 140 valence electrons. The number of thioether (sulfide) groups is 1. The molecule has 2 atom stereocenters. The normalized spacial score (nSPS) is 12.4. The number of aliphatic hydroxyl groups excluding tert-OH is 2. The van der Waals surface area contributed by atoms with Gasteiger partial charge in [-0.15, -0.1) is 11.8 Å². The van der Waals surface area contributed by atoms with E-state index in [0.717, 1.165) is 17.1 Å². The second-order valence-electron chi connectivity index (χ2n) is 4.97. The van der Waals surface area contributed by atoms with E-state index >= 15 is 0 Å². The summed E-state index contributed by atoms with van der Waals surface area (Å²) in [5, 5.41) is 32.5. The number of nitrogens with zero attached hydrogens (tertiary/aromatic N) is 1. The van der Waals surface area contributed by atoms with Crippen LogP contribution in [0.4, 0.5) is 4.39 Å². The Hall–Kier alpha value is -2.49. The number of benzene rings is 1. The molecule has 0 aliphatic heterocycles. The third-order valence-corrected chi connectivity index (χ3v) is 4.04. The van der Waals surface area contributed by atoms with Crippen molar-refractivity contribution in [1.82, 2.24) is 4.98 Å². The lowest BCUT2D eigenvalue weighted by molar-refractivity contribution is -0.165. The summed E-state index contributed by atoms with van der Waals surface area (Å²) < 4.78 is 12.7. The fraction of sp³-hybridized carbons (Fsp3) is 0.235. The van der Waals surface area contributed by atoms with Crippen LogP contribution in [0.3, 0.4) is 0 Å². The number of aryl methyl sites for hydroxylation is 1. The van der Waals surface area contributed by atoms with Gasteiger partial charge in [0, 0.05) is 23.0 Å². The predicted molar refractivity (Wildman–Crippen MR) is 92.4 cm³/mol. The number of pyridine rings is 1. The number of aliphatic hydroxyl groups is 2. The highest BCUT2D eigenvalue weighted by Gasteiger charge is 2.29. The standard InChI is InChI=1S/C13H12FNS.C4H6O6/c14-12-1-3-13(4-2-12)16-10-7-11-5-8-15-9-6-11;5-1(3(7)8)2(6)4(9)10/h1-6,8-9H,7,10H2;1-2,5-6H,(H,7,8)(H,9,10). The Balaban J connectivity index is 0.000000294. The van der Waals surface area contributed by atoms with Gasteiger partial charge in [-0.2, -0.15) is 0 Å². The molecule has 2 unspecified atom stereocenters. The molecule has 0 spiro atoms. The van der Waals surface area contributed by atoms with Crippen LogP contribution in [0.15, 0.2) is 53.7 Å². The van der Waals surface area contributed by atoms with E-state index in [2.05, 4.69) is 4.98 Å². The van der Waals surface area contributed by atoms with E-state index in [-0.39, 0.29) is 5.82 Å². The lowest BCUT2D eigenvalue weighted by Crippen LogP contribution is -2.39. The van der Waals surface area contributed by atoms with Crippen LogP contribution in [0.25, 0.3) is 0 Å². The highest BCUT2D eigenvalue weighted by molar-refractivity contribution is 7.99. The molecule has 0 radical (unpaired) electrons. The number of aromatic nitrogens is 1. The molecule has 0 saturated carbocycles. The van der Waals surface area contributed by atoms with E-state index in [9.17, 15) is 14.0 Å². The Morgan fingerprint density at radius 1 is 0.962 bits per heavy atom. The van der Waals surface area contributed by atoms with Gasteiger partial charge in [-0.05, 0) is 48.4 Å². The van der Waals surface area contributed by atoms with E-state index in [1.54, 1.807) is 24.2 Å². The van der Waals surface area contributed by atoms with E-state index in [4.69, 9.17) is 20.4 Å². The summed E-state index contributed by atoms with van der Waals surface area (Å²) in [6.07, 6.45) is 0.0791. The van der Waals surface area contributed by atoms with E-state index in [0.29, 0.717) is 0 Å². The first-order valence-corrected chi connectivity index (χ1v) is 8.39. The molecule has 0 aliphatic carbocycles. The summed E-state index contributed by atoms with van der Waals surface area (Å²) in [5.41, 5.74) is 1.28. The van der Waals surface area contributed by atoms with Gasteiger partial charge in [-0.25, -0.2) is 14.0 Å². The van der Waals surface area contributed by atoms with Crippen molar-refractivity contribution in [1.29, 1.82) is 0 Å². The number of hydrogen-bond donors (Lipinski definition) is 4. The Kier molecular flexibility index (Phi) is 9.27. The second-order valence-corrected chi connectivity index (χ2v) is 6.14. The van der Waals surface area contributed by atoms with Gasteiger partial charge >= 0.3 is 11.9 Å². The quantitative estimate of drug-likeness (QED) is 0.529. The van der Waals surface area contributed by atoms with Gasteiger partial charge in [0.1, 0.15) is 5.82 Å². The molecule has 1 aromatic heterocycles. The molecule has 0 bridgehead atoms. The number of aliphatic carboxylic acids is 2. The average Bonchev–Trinajstić information content (AvgIpc) is 2.63. The van der Waals surface area contributed by atoms with Gasteiger partial charge in [0.15, 0.2) is 12.2 Å². The second kappa shape index (κ2) is 11.2. The van der Waals surface area contributed by atoms with Gasteiger partial charge in [0.2, 0.25) is 0 Å². The third-order valence-electron chi connectivity index (χ3n) is 3.03. The van der Waals surface area contributed by atoms with Gasteiger partial charge in [-0.1, -0.05) is 0 Å². The van der Waals surface area contributed by atoms with Crippen molar-refractivity contribution in [2.45, 2.75) is 23.5 Å². The Morgan fingerprint density at radius 2 is 1.46 bits per heavy atom. The molecule has 0 aliphatic rings. The highest BCUT2D eigenvalue weighted by atomic mass is 32.2. The lowest BCUT2D eigenvalue weighted by atomic mass is 10.2. The Morgan fingerprint density at radius 3 is 1.92 bits per heavy atom. The van der Waals surface area contributed by atoms with Crippen LogP contribution >= 0.6 is 11.8 Å². The summed E-state index contributed by atoms with van der Waals surface area (Å²) >= 11 is 1.74. The maximum Gasteiger partial charge on any atom is 0.335 e. The van der Waals surface area contributed by atoms with Crippen molar-refractivity contribution in [2.24, 2.45) is 0 Å². The molecule has 4 N–H and O–H groups in total. The highest BCUT2D eigenvalue weighted by Crippen LogP contribution is 2.19. The zero-order valence-electron chi connectivity index (χ0n) is 13.5. The minimum absolute atomic E-state index is 0.182. The van der Waals surface area contributed by atoms with Gasteiger partial charge in [-0.3, -0.25) is 4.98 Å². The topological polar surface area (TPSA) is 128 Å². The molecule has 26 heavy (non-hydrogen) atoms. The smallest absolute Gasteiger partial charge is 0.335 e. The molecule has 0 fully saturated rings. The summed E-state index contributed by atoms with van der Waals surface area (Å²) in [5.74, 6) is -2.72. The maximum atomic E-state index is 12.7. The van der Waals surface area contributed by atoms with Crippen molar-refractivity contribution in [2.75, 3.05) is 5.75 Å². The van der Waals surface area contributed by atoms with Crippen molar-refractivity contribution in [3.05, 3.63) is 60.2 Å². The van der Waals surface area contributed by atoms with Crippen LogP contribution in [0, 0.1) is 5.82 Å². The SMILES string of the molecule is Fc1ccc(SCCc2ccncc2)cc1.O=C(O)C(O)C(O)C(=O)O. The molecule has 7 nitrogen and oxygen atoms in total. The number of carboxylic acid groups (broad SMARTS) is 2. The molecule has 0 amide bonds. The third kappa shape index (κ3) is 8.06. The van der Waals surface area contributed by atoms with E-state index in [1.807, 2.05) is 24.3 Å². The molecule has 0 saturated heterocycles. The van der Waals surface area contributed by atoms with Crippen LogP contribution in [0.2, 0.25) is 0 Å². The molecule has 9 heteroatoms. The van der Waals surface area contributed by atoms with Gasteiger partial charge < -0.3 is 20.4 Å². The van der Waals surface area contributed by atoms with Crippen LogP contribution < -0.4 is 0 Å². The minimum atomic E-state index is -2.27. The van der Waals surface area contributed by atoms with Crippen molar-refractivity contribution in [3.63, 3.8) is 0 Å². The lowest BCUT2D eigenvalue weighted by Gasteiger charge is -2.07. The zero-order chi connectivity index (χ0) is 19.5. The molecular formula is C17H18FNO6S. The number of rotatable bonds is 7. The fourth-order valence-electron chi connectivity index (χ4n) is 1.64. The van der Waals surface area contributed by atoms with Crippen molar-refractivity contribution >= 4 is 23.7 Å².